The Labute approximate surface area is 113 Å². The maximum atomic E-state index is 3.56. The van der Waals surface area contributed by atoms with Crippen LogP contribution in [0, 0.1) is 5.92 Å². The van der Waals surface area contributed by atoms with Crippen molar-refractivity contribution < 1.29 is 0 Å². The zero-order valence-electron chi connectivity index (χ0n) is 10.6. The van der Waals surface area contributed by atoms with Crippen LogP contribution in [-0.2, 0) is 6.42 Å². The molecule has 94 valence electrons. The summed E-state index contributed by atoms with van der Waals surface area (Å²) in [4.78, 5) is 0. The van der Waals surface area contributed by atoms with Crippen LogP contribution >= 0.6 is 15.9 Å². The molecular formula is C15H22BrN. The minimum Gasteiger partial charge on any atom is -0.317 e. The summed E-state index contributed by atoms with van der Waals surface area (Å²) in [5, 5.41) is 3.52. The molecule has 1 N–H and O–H groups in total. The van der Waals surface area contributed by atoms with Gasteiger partial charge in [0.2, 0.25) is 0 Å². The highest BCUT2D eigenvalue weighted by molar-refractivity contribution is 9.10. The molecule has 2 heteroatoms. The summed E-state index contributed by atoms with van der Waals surface area (Å²) >= 11 is 3.56. The van der Waals surface area contributed by atoms with Crippen LogP contribution in [0.15, 0.2) is 28.7 Å². The predicted molar refractivity (Wildman–Crippen MR) is 77.3 cm³/mol. The number of halogens is 1. The van der Waals surface area contributed by atoms with Crippen LogP contribution in [0.2, 0.25) is 0 Å². The summed E-state index contributed by atoms with van der Waals surface area (Å²) in [6.45, 7) is 0. The fourth-order valence-corrected chi connectivity index (χ4v) is 3.42. The van der Waals surface area contributed by atoms with E-state index in [-0.39, 0.29) is 0 Å². The van der Waals surface area contributed by atoms with Crippen molar-refractivity contribution in [1.82, 2.24) is 5.32 Å². The van der Waals surface area contributed by atoms with E-state index in [1.807, 2.05) is 0 Å². The van der Waals surface area contributed by atoms with Gasteiger partial charge in [-0.2, -0.15) is 0 Å². The van der Waals surface area contributed by atoms with Gasteiger partial charge in [0.1, 0.15) is 0 Å². The van der Waals surface area contributed by atoms with Gasteiger partial charge in [-0.1, -0.05) is 47.3 Å². The van der Waals surface area contributed by atoms with E-state index in [1.54, 1.807) is 0 Å². The summed E-state index contributed by atoms with van der Waals surface area (Å²) in [6.07, 6.45) is 8.13. The van der Waals surface area contributed by atoms with Crippen LogP contribution in [-0.4, -0.2) is 13.1 Å². The fraction of sp³-hybridized carbons (Fsp3) is 0.600. The first-order valence-electron chi connectivity index (χ1n) is 6.71. The lowest BCUT2D eigenvalue weighted by Crippen LogP contribution is -2.33. The molecule has 1 aromatic carbocycles. The molecule has 1 aliphatic rings. The maximum Gasteiger partial charge on any atom is 0.0177 e. The molecule has 1 fully saturated rings. The van der Waals surface area contributed by atoms with Crippen LogP contribution in [0.5, 0.6) is 0 Å². The third-order valence-corrected chi connectivity index (χ3v) is 4.41. The molecule has 0 aliphatic heterocycles. The summed E-state index contributed by atoms with van der Waals surface area (Å²) in [7, 11) is 2.11. The molecule has 17 heavy (non-hydrogen) atoms. The lowest BCUT2D eigenvalue weighted by atomic mass is 9.88. The Morgan fingerprint density at radius 2 is 2.06 bits per heavy atom. The third-order valence-electron chi connectivity index (χ3n) is 3.92. The van der Waals surface area contributed by atoms with Crippen LogP contribution < -0.4 is 5.32 Å². The lowest BCUT2D eigenvalue weighted by Gasteiger charge is -2.24. The Morgan fingerprint density at radius 3 is 2.82 bits per heavy atom. The van der Waals surface area contributed by atoms with E-state index < -0.39 is 0 Å². The van der Waals surface area contributed by atoms with E-state index in [0.29, 0.717) is 6.04 Å². The summed E-state index contributed by atoms with van der Waals surface area (Å²) < 4.78 is 1.20. The molecule has 1 aromatic rings. The first-order valence-corrected chi connectivity index (χ1v) is 7.50. The number of nitrogens with one attached hydrogen (secondary N) is 1. The van der Waals surface area contributed by atoms with E-state index in [4.69, 9.17) is 0 Å². The van der Waals surface area contributed by atoms with Crippen molar-refractivity contribution >= 4 is 15.9 Å². The zero-order chi connectivity index (χ0) is 12.1. The zero-order valence-corrected chi connectivity index (χ0v) is 12.2. The molecule has 2 rings (SSSR count). The quantitative estimate of drug-likeness (QED) is 0.826. The average molecular weight is 296 g/mol. The number of benzene rings is 1. The van der Waals surface area contributed by atoms with E-state index in [1.165, 1.54) is 48.6 Å². The summed E-state index contributed by atoms with van der Waals surface area (Å²) in [6, 6.07) is 9.47. The molecule has 0 aromatic heterocycles. The molecule has 1 nitrogen and oxygen atoms in total. The van der Waals surface area contributed by atoms with Crippen molar-refractivity contribution in [3.63, 3.8) is 0 Å². The lowest BCUT2D eigenvalue weighted by molar-refractivity contribution is 0.350. The van der Waals surface area contributed by atoms with E-state index >= 15 is 0 Å². The molecule has 1 aliphatic carbocycles. The van der Waals surface area contributed by atoms with Crippen molar-refractivity contribution in [2.24, 2.45) is 5.92 Å². The van der Waals surface area contributed by atoms with Crippen molar-refractivity contribution in [3.8, 4) is 0 Å². The van der Waals surface area contributed by atoms with Gasteiger partial charge in [-0.15, -0.1) is 0 Å². The Bertz CT molecular complexity index is 351. The van der Waals surface area contributed by atoms with E-state index in [2.05, 4.69) is 52.6 Å². The minimum atomic E-state index is 0.705. The van der Waals surface area contributed by atoms with Crippen LogP contribution in [0.3, 0.4) is 0 Å². The second kappa shape index (κ2) is 6.55. The van der Waals surface area contributed by atoms with Crippen molar-refractivity contribution in [1.29, 1.82) is 0 Å². The average Bonchev–Trinajstić information content (AvgIpc) is 2.54. The molecule has 0 heterocycles. The number of rotatable bonds is 3. The molecule has 1 saturated carbocycles. The number of hydrogen-bond donors (Lipinski definition) is 1. The molecule has 0 spiro atoms. The normalized spacial score (nSPS) is 25.5. The molecule has 0 saturated heterocycles. The standard InChI is InChI=1S/C15H22BrN/c1-17-15-9-4-2-3-7-13(15)10-12-6-5-8-14(16)11-12/h5-6,8,11,13,15,17H,2-4,7,9-10H2,1H3. The van der Waals surface area contributed by atoms with Gasteiger partial charge < -0.3 is 5.32 Å². The van der Waals surface area contributed by atoms with Crippen molar-refractivity contribution in [2.45, 2.75) is 44.6 Å². The van der Waals surface area contributed by atoms with Gasteiger partial charge in [0.05, 0.1) is 0 Å². The van der Waals surface area contributed by atoms with Crippen molar-refractivity contribution in [2.75, 3.05) is 7.05 Å². The first kappa shape index (κ1) is 13.1. The molecular weight excluding hydrogens is 274 g/mol. The molecule has 2 unspecified atom stereocenters. The van der Waals surface area contributed by atoms with E-state index in [9.17, 15) is 0 Å². The maximum absolute atomic E-state index is 3.56. The second-order valence-electron chi connectivity index (χ2n) is 5.13. The van der Waals surface area contributed by atoms with Crippen LogP contribution in [0.25, 0.3) is 0 Å². The van der Waals surface area contributed by atoms with Crippen molar-refractivity contribution in [3.05, 3.63) is 34.3 Å². The van der Waals surface area contributed by atoms with Gasteiger partial charge in [-0.3, -0.25) is 0 Å². The Morgan fingerprint density at radius 1 is 1.24 bits per heavy atom. The van der Waals surface area contributed by atoms with Gasteiger partial charge in [-0.05, 0) is 49.9 Å². The molecule has 2 atom stereocenters. The number of hydrogen-bond acceptors (Lipinski definition) is 1. The monoisotopic (exact) mass is 295 g/mol. The highest BCUT2D eigenvalue weighted by atomic mass is 79.9. The summed E-state index contributed by atoms with van der Waals surface area (Å²) in [5.41, 5.74) is 1.46. The van der Waals surface area contributed by atoms with Crippen LogP contribution in [0.4, 0.5) is 0 Å². The predicted octanol–water partition coefficient (Wildman–Crippen LogP) is 4.16. The van der Waals surface area contributed by atoms with Crippen LogP contribution in [0.1, 0.15) is 37.7 Å². The SMILES string of the molecule is CNC1CCCCCC1Cc1cccc(Br)c1. The molecule has 0 bridgehead atoms. The van der Waals surface area contributed by atoms with Gasteiger partial charge >= 0.3 is 0 Å². The topological polar surface area (TPSA) is 12.0 Å². The molecule has 0 radical (unpaired) electrons. The van der Waals surface area contributed by atoms with Gasteiger partial charge in [-0.25, -0.2) is 0 Å². The third kappa shape index (κ3) is 3.82. The van der Waals surface area contributed by atoms with Gasteiger partial charge in [0.15, 0.2) is 0 Å². The fourth-order valence-electron chi connectivity index (χ4n) is 2.98. The van der Waals surface area contributed by atoms with E-state index in [0.717, 1.165) is 5.92 Å². The highest BCUT2D eigenvalue weighted by Crippen LogP contribution is 2.27. The molecule has 0 amide bonds. The second-order valence-corrected chi connectivity index (χ2v) is 6.04. The van der Waals surface area contributed by atoms with Gasteiger partial charge in [0, 0.05) is 10.5 Å². The first-order chi connectivity index (χ1) is 8.29. The minimum absolute atomic E-state index is 0.705. The Kier molecular flexibility index (Phi) is 5.05. The summed E-state index contributed by atoms with van der Waals surface area (Å²) in [5.74, 6) is 0.803. The van der Waals surface area contributed by atoms with Gasteiger partial charge in [0.25, 0.3) is 0 Å². The Balaban J connectivity index is 2.04. The largest absolute Gasteiger partial charge is 0.317 e. The smallest absolute Gasteiger partial charge is 0.0177 e. The Hall–Kier alpha value is -0.340. The highest BCUT2D eigenvalue weighted by Gasteiger charge is 2.22.